The zero-order valence-corrected chi connectivity index (χ0v) is 12.5. The number of nitrogens with one attached hydrogen (secondary N) is 1. The third-order valence-electron chi connectivity index (χ3n) is 2.85. The Bertz CT molecular complexity index is 740. The van der Waals surface area contributed by atoms with Gasteiger partial charge in [-0.05, 0) is 30.2 Å². The van der Waals surface area contributed by atoms with Crippen LogP contribution in [0.2, 0.25) is 5.02 Å². The lowest BCUT2D eigenvalue weighted by atomic mass is 10.1. The number of rotatable bonds is 4. The quantitative estimate of drug-likeness (QED) is 0.899. The van der Waals surface area contributed by atoms with E-state index in [0.29, 0.717) is 16.8 Å². The minimum absolute atomic E-state index is 0.0397. The number of hydrogen-bond donors (Lipinski definition) is 2. The summed E-state index contributed by atoms with van der Waals surface area (Å²) >= 11 is 5.89. The van der Waals surface area contributed by atoms with Crippen molar-refractivity contribution in [2.75, 3.05) is 4.72 Å². The number of aliphatic hydroxyl groups is 1. The van der Waals surface area contributed by atoms with Crippen LogP contribution < -0.4 is 4.72 Å². The van der Waals surface area contributed by atoms with Crippen molar-refractivity contribution in [3.8, 4) is 0 Å². The highest BCUT2D eigenvalue weighted by atomic mass is 35.5. The molecule has 1 aromatic heterocycles. The van der Waals surface area contributed by atoms with Gasteiger partial charge in [0.05, 0.1) is 23.4 Å². The molecule has 1 heterocycles. The summed E-state index contributed by atoms with van der Waals surface area (Å²) in [7, 11) is -2.10. The number of benzene rings is 1. The Morgan fingerprint density at radius 2 is 2.15 bits per heavy atom. The molecule has 0 fully saturated rings. The zero-order chi connectivity index (χ0) is 14.9. The highest BCUT2D eigenvalue weighted by Gasteiger charge is 2.20. The minimum atomic E-state index is -3.78. The smallest absolute Gasteiger partial charge is 0.262 e. The summed E-state index contributed by atoms with van der Waals surface area (Å²) in [5.41, 5.74) is 1.30. The van der Waals surface area contributed by atoms with E-state index in [0.717, 1.165) is 0 Å². The average molecular weight is 316 g/mol. The number of anilines is 1. The van der Waals surface area contributed by atoms with Crippen LogP contribution >= 0.6 is 11.6 Å². The number of aromatic nitrogens is 2. The van der Waals surface area contributed by atoms with Crippen LogP contribution in [-0.2, 0) is 23.7 Å². The molecule has 2 aromatic rings. The first-order chi connectivity index (χ1) is 9.33. The van der Waals surface area contributed by atoms with Gasteiger partial charge in [-0.15, -0.1) is 0 Å². The van der Waals surface area contributed by atoms with Crippen LogP contribution in [0.1, 0.15) is 11.1 Å². The fourth-order valence-electron chi connectivity index (χ4n) is 1.84. The maximum atomic E-state index is 12.4. The largest absolute Gasteiger partial charge is 0.392 e. The molecule has 108 valence electrons. The van der Waals surface area contributed by atoms with E-state index in [-0.39, 0.29) is 16.5 Å². The van der Waals surface area contributed by atoms with Gasteiger partial charge in [-0.25, -0.2) is 8.42 Å². The van der Waals surface area contributed by atoms with Gasteiger partial charge in [-0.1, -0.05) is 11.6 Å². The maximum absolute atomic E-state index is 12.4. The van der Waals surface area contributed by atoms with E-state index in [4.69, 9.17) is 11.6 Å². The second-order valence-electron chi connectivity index (χ2n) is 4.35. The predicted molar refractivity (Wildman–Crippen MR) is 76.1 cm³/mol. The minimum Gasteiger partial charge on any atom is -0.392 e. The highest BCUT2D eigenvalue weighted by molar-refractivity contribution is 7.92. The SMILES string of the molecule is Cc1c(CO)cc(Cl)cc1S(=O)(=O)Nc1cnn(C)c1. The molecule has 0 radical (unpaired) electrons. The molecule has 0 saturated heterocycles. The molecule has 0 amide bonds. The van der Waals surface area contributed by atoms with Gasteiger partial charge in [0.15, 0.2) is 0 Å². The van der Waals surface area contributed by atoms with Crippen molar-refractivity contribution in [1.82, 2.24) is 9.78 Å². The van der Waals surface area contributed by atoms with Gasteiger partial charge in [0.1, 0.15) is 0 Å². The Labute approximate surface area is 122 Å². The van der Waals surface area contributed by atoms with Crippen LogP contribution in [0.15, 0.2) is 29.4 Å². The molecule has 20 heavy (non-hydrogen) atoms. The molecule has 0 aliphatic heterocycles. The predicted octanol–water partition coefficient (Wildman–Crippen LogP) is 1.68. The molecule has 1 aromatic carbocycles. The van der Waals surface area contributed by atoms with Crippen molar-refractivity contribution in [3.63, 3.8) is 0 Å². The number of aryl methyl sites for hydroxylation is 1. The maximum Gasteiger partial charge on any atom is 0.262 e. The first-order valence-corrected chi connectivity index (χ1v) is 7.61. The summed E-state index contributed by atoms with van der Waals surface area (Å²) in [5, 5.41) is 13.4. The Balaban J connectivity index is 2.46. The van der Waals surface area contributed by atoms with Crippen LogP contribution in [0.5, 0.6) is 0 Å². The molecule has 2 rings (SSSR count). The fraction of sp³-hybridized carbons (Fsp3) is 0.250. The van der Waals surface area contributed by atoms with Crippen molar-refractivity contribution in [2.45, 2.75) is 18.4 Å². The molecule has 8 heteroatoms. The lowest BCUT2D eigenvalue weighted by Crippen LogP contribution is -2.15. The van der Waals surface area contributed by atoms with E-state index in [1.54, 1.807) is 26.2 Å². The monoisotopic (exact) mass is 315 g/mol. The summed E-state index contributed by atoms with van der Waals surface area (Å²) in [6.45, 7) is 1.35. The van der Waals surface area contributed by atoms with E-state index < -0.39 is 10.0 Å². The van der Waals surface area contributed by atoms with Gasteiger partial charge in [-0.2, -0.15) is 5.10 Å². The molecule has 0 atom stereocenters. The standard InChI is InChI=1S/C12H14ClN3O3S/c1-8-9(7-17)3-10(13)4-12(8)20(18,19)15-11-5-14-16(2)6-11/h3-6,15,17H,7H2,1-2H3. The van der Waals surface area contributed by atoms with Crippen LogP contribution in [0, 0.1) is 6.92 Å². The number of hydrogen-bond acceptors (Lipinski definition) is 4. The summed E-state index contributed by atoms with van der Waals surface area (Å²) in [6, 6.07) is 2.90. The molecule has 0 bridgehead atoms. The van der Waals surface area contributed by atoms with Crippen molar-refractivity contribution in [2.24, 2.45) is 7.05 Å². The molecule has 0 saturated carbocycles. The van der Waals surface area contributed by atoms with E-state index in [9.17, 15) is 13.5 Å². The Morgan fingerprint density at radius 3 is 2.70 bits per heavy atom. The molecule has 0 unspecified atom stereocenters. The lowest BCUT2D eigenvalue weighted by Gasteiger charge is -2.12. The average Bonchev–Trinajstić information content (AvgIpc) is 2.76. The van der Waals surface area contributed by atoms with Gasteiger partial charge >= 0.3 is 0 Å². The van der Waals surface area contributed by atoms with E-state index in [2.05, 4.69) is 9.82 Å². The van der Waals surface area contributed by atoms with Crippen molar-refractivity contribution < 1.29 is 13.5 Å². The third-order valence-corrected chi connectivity index (χ3v) is 4.58. The first-order valence-electron chi connectivity index (χ1n) is 5.75. The molecular formula is C12H14ClN3O3S. The Morgan fingerprint density at radius 1 is 1.45 bits per heavy atom. The number of aliphatic hydroxyl groups excluding tert-OH is 1. The number of nitrogens with zero attached hydrogens (tertiary/aromatic N) is 2. The Kier molecular flexibility index (Phi) is 4.03. The summed E-state index contributed by atoms with van der Waals surface area (Å²) in [5.74, 6) is 0. The molecule has 0 aliphatic carbocycles. The number of sulfonamides is 1. The van der Waals surface area contributed by atoms with Crippen LogP contribution in [0.3, 0.4) is 0 Å². The second-order valence-corrected chi connectivity index (χ2v) is 6.44. The van der Waals surface area contributed by atoms with Crippen LogP contribution in [-0.4, -0.2) is 23.3 Å². The van der Waals surface area contributed by atoms with Gasteiger partial charge in [0.2, 0.25) is 0 Å². The van der Waals surface area contributed by atoms with Crippen molar-refractivity contribution in [1.29, 1.82) is 0 Å². The lowest BCUT2D eigenvalue weighted by molar-refractivity contribution is 0.280. The fourth-order valence-corrected chi connectivity index (χ4v) is 3.48. The summed E-state index contributed by atoms with van der Waals surface area (Å²) < 4.78 is 28.6. The van der Waals surface area contributed by atoms with Gasteiger partial charge < -0.3 is 5.11 Å². The van der Waals surface area contributed by atoms with E-state index in [1.807, 2.05) is 0 Å². The van der Waals surface area contributed by atoms with Gasteiger partial charge in [0, 0.05) is 18.3 Å². The summed E-state index contributed by atoms with van der Waals surface area (Å²) in [6.07, 6.45) is 2.95. The van der Waals surface area contributed by atoms with Gasteiger partial charge in [-0.3, -0.25) is 9.40 Å². The van der Waals surface area contributed by atoms with E-state index >= 15 is 0 Å². The van der Waals surface area contributed by atoms with E-state index in [1.165, 1.54) is 16.9 Å². The molecular weight excluding hydrogens is 302 g/mol. The normalized spacial score (nSPS) is 11.6. The van der Waals surface area contributed by atoms with Gasteiger partial charge in [0.25, 0.3) is 10.0 Å². The molecule has 0 spiro atoms. The summed E-state index contributed by atoms with van der Waals surface area (Å²) in [4.78, 5) is 0.0397. The number of halogens is 1. The van der Waals surface area contributed by atoms with Crippen molar-refractivity contribution >= 4 is 27.3 Å². The third kappa shape index (κ3) is 2.95. The van der Waals surface area contributed by atoms with Crippen molar-refractivity contribution in [3.05, 3.63) is 40.7 Å². The molecule has 6 nitrogen and oxygen atoms in total. The topological polar surface area (TPSA) is 84.2 Å². The first kappa shape index (κ1) is 14.8. The molecule has 0 aliphatic rings. The zero-order valence-electron chi connectivity index (χ0n) is 11.0. The van der Waals surface area contributed by atoms with Crippen LogP contribution in [0.4, 0.5) is 5.69 Å². The van der Waals surface area contributed by atoms with Crippen LogP contribution in [0.25, 0.3) is 0 Å². The molecule has 2 N–H and O–H groups in total. The Hall–Kier alpha value is -1.57. The second kappa shape index (κ2) is 5.43. The highest BCUT2D eigenvalue weighted by Crippen LogP contribution is 2.26.